The van der Waals surface area contributed by atoms with Crippen LogP contribution in [0.2, 0.25) is 0 Å². The number of carbonyl (C=O) groups excluding carboxylic acids is 2. The van der Waals surface area contributed by atoms with Crippen LogP contribution in [0.5, 0.6) is 0 Å². The molecule has 0 spiro atoms. The van der Waals surface area contributed by atoms with Gasteiger partial charge in [-0.05, 0) is 11.6 Å². The Labute approximate surface area is 82.4 Å². The predicted molar refractivity (Wildman–Crippen MR) is 54.3 cm³/mol. The van der Waals surface area contributed by atoms with Gasteiger partial charge in [0.25, 0.3) is 5.91 Å². The third-order valence-electron chi connectivity index (χ3n) is 1.53. The Morgan fingerprint density at radius 1 is 1.21 bits per heavy atom. The molecule has 1 N–H and O–H groups in total. The molecule has 0 aromatic heterocycles. The van der Waals surface area contributed by atoms with Crippen molar-refractivity contribution in [2.45, 2.75) is 6.92 Å². The average molecular weight is 189 g/mol. The summed E-state index contributed by atoms with van der Waals surface area (Å²) in [5.74, 6) is -0.755. The van der Waals surface area contributed by atoms with Crippen LogP contribution < -0.4 is 5.32 Å². The van der Waals surface area contributed by atoms with Gasteiger partial charge < -0.3 is 0 Å². The van der Waals surface area contributed by atoms with E-state index in [1.165, 1.54) is 13.0 Å². The minimum absolute atomic E-state index is 0.354. The molecule has 0 aliphatic rings. The molecule has 3 heteroatoms. The highest BCUT2D eigenvalue weighted by Gasteiger charge is 1.96. The van der Waals surface area contributed by atoms with E-state index in [-0.39, 0.29) is 5.91 Å². The first-order valence-electron chi connectivity index (χ1n) is 4.23. The van der Waals surface area contributed by atoms with E-state index in [1.54, 1.807) is 6.08 Å². The van der Waals surface area contributed by atoms with Crippen LogP contribution in [0.15, 0.2) is 36.4 Å². The Morgan fingerprint density at radius 2 is 1.86 bits per heavy atom. The Kier molecular flexibility index (Phi) is 3.61. The van der Waals surface area contributed by atoms with E-state index >= 15 is 0 Å². The predicted octanol–water partition coefficient (Wildman–Crippen LogP) is 1.36. The molecule has 0 fully saturated rings. The van der Waals surface area contributed by atoms with Crippen LogP contribution in [0, 0.1) is 0 Å². The first-order valence-corrected chi connectivity index (χ1v) is 4.23. The second kappa shape index (κ2) is 4.97. The number of imide groups is 1. The Hall–Kier alpha value is -1.90. The molecular formula is C11H11NO2. The lowest BCUT2D eigenvalue weighted by molar-refractivity contribution is -0.126. The van der Waals surface area contributed by atoms with E-state index < -0.39 is 5.91 Å². The molecule has 0 atom stereocenters. The Morgan fingerprint density at radius 3 is 2.43 bits per heavy atom. The van der Waals surface area contributed by atoms with E-state index in [1.807, 2.05) is 30.3 Å². The molecule has 1 aromatic carbocycles. The molecule has 0 saturated heterocycles. The van der Waals surface area contributed by atoms with Crippen molar-refractivity contribution in [2.24, 2.45) is 0 Å². The van der Waals surface area contributed by atoms with Gasteiger partial charge in [-0.25, -0.2) is 0 Å². The van der Waals surface area contributed by atoms with Gasteiger partial charge in [0.05, 0.1) is 0 Å². The van der Waals surface area contributed by atoms with Gasteiger partial charge in [-0.3, -0.25) is 14.9 Å². The van der Waals surface area contributed by atoms with Crippen LogP contribution in [0.3, 0.4) is 0 Å². The second-order valence-corrected chi connectivity index (χ2v) is 2.79. The normalized spacial score (nSPS) is 10.1. The summed E-state index contributed by atoms with van der Waals surface area (Å²) in [5, 5.41) is 2.15. The molecule has 0 aliphatic heterocycles. The molecule has 0 heterocycles. The minimum atomic E-state index is -0.402. The first-order chi connectivity index (χ1) is 6.68. The van der Waals surface area contributed by atoms with E-state index in [0.717, 1.165) is 5.56 Å². The van der Waals surface area contributed by atoms with Gasteiger partial charge in [0.1, 0.15) is 0 Å². The number of carbonyl (C=O) groups is 2. The van der Waals surface area contributed by atoms with Crippen molar-refractivity contribution in [1.82, 2.24) is 5.32 Å². The summed E-state index contributed by atoms with van der Waals surface area (Å²) in [6.07, 6.45) is 2.98. The van der Waals surface area contributed by atoms with E-state index in [0.29, 0.717) is 0 Å². The summed E-state index contributed by atoms with van der Waals surface area (Å²) in [7, 11) is 0. The zero-order valence-corrected chi connectivity index (χ0v) is 7.86. The zero-order valence-electron chi connectivity index (χ0n) is 7.86. The monoisotopic (exact) mass is 189 g/mol. The SMILES string of the molecule is CC(=O)NC(=O)C=Cc1ccccc1. The fourth-order valence-corrected chi connectivity index (χ4v) is 0.951. The van der Waals surface area contributed by atoms with Crippen LogP contribution in [0.4, 0.5) is 0 Å². The van der Waals surface area contributed by atoms with Crippen molar-refractivity contribution in [3.8, 4) is 0 Å². The van der Waals surface area contributed by atoms with Gasteiger partial charge in [-0.15, -0.1) is 0 Å². The highest BCUT2D eigenvalue weighted by Crippen LogP contribution is 2.00. The van der Waals surface area contributed by atoms with Crippen LogP contribution >= 0.6 is 0 Å². The van der Waals surface area contributed by atoms with Gasteiger partial charge in [0.2, 0.25) is 5.91 Å². The Balaban J connectivity index is 2.56. The number of rotatable bonds is 2. The summed E-state index contributed by atoms with van der Waals surface area (Å²) < 4.78 is 0. The van der Waals surface area contributed by atoms with Crippen LogP contribution in [0.25, 0.3) is 6.08 Å². The molecule has 0 unspecified atom stereocenters. The quantitative estimate of drug-likeness (QED) is 0.714. The van der Waals surface area contributed by atoms with Crippen LogP contribution in [-0.4, -0.2) is 11.8 Å². The summed E-state index contributed by atoms with van der Waals surface area (Å²) in [5.41, 5.74) is 0.922. The van der Waals surface area contributed by atoms with Gasteiger partial charge in [-0.1, -0.05) is 30.3 Å². The van der Waals surface area contributed by atoms with Gasteiger partial charge >= 0.3 is 0 Å². The topological polar surface area (TPSA) is 46.2 Å². The summed E-state index contributed by atoms with van der Waals surface area (Å²) in [6, 6.07) is 9.40. The van der Waals surface area contributed by atoms with Crippen molar-refractivity contribution in [1.29, 1.82) is 0 Å². The maximum atomic E-state index is 11.0. The third kappa shape index (κ3) is 3.67. The Bertz CT molecular complexity index is 355. The van der Waals surface area contributed by atoms with Crippen LogP contribution in [-0.2, 0) is 9.59 Å². The highest BCUT2D eigenvalue weighted by atomic mass is 16.2. The fraction of sp³-hybridized carbons (Fsp3) is 0.0909. The molecule has 1 rings (SSSR count). The van der Waals surface area contributed by atoms with Crippen LogP contribution in [0.1, 0.15) is 12.5 Å². The van der Waals surface area contributed by atoms with Crippen molar-refractivity contribution in [3.05, 3.63) is 42.0 Å². The highest BCUT2D eigenvalue weighted by molar-refractivity contribution is 6.02. The van der Waals surface area contributed by atoms with Crippen molar-refractivity contribution in [3.63, 3.8) is 0 Å². The molecule has 1 aromatic rings. The molecule has 72 valence electrons. The van der Waals surface area contributed by atoms with E-state index in [9.17, 15) is 9.59 Å². The second-order valence-electron chi connectivity index (χ2n) is 2.79. The van der Waals surface area contributed by atoms with Gasteiger partial charge in [-0.2, -0.15) is 0 Å². The third-order valence-corrected chi connectivity index (χ3v) is 1.53. The van der Waals surface area contributed by atoms with Crippen molar-refractivity contribution < 1.29 is 9.59 Å². The lowest BCUT2D eigenvalue weighted by Gasteiger charge is -1.94. The van der Waals surface area contributed by atoms with Crippen molar-refractivity contribution in [2.75, 3.05) is 0 Å². The molecule has 0 aliphatic carbocycles. The number of benzene rings is 1. The molecule has 0 saturated carbocycles. The number of nitrogens with one attached hydrogen (secondary N) is 1. The molecule has 3 nitrogen and oxygen atoms in total. The number of hydrogen-bond acceptors (Lipinski definition) is 2. The number of amides is 2. The standard InChI is InChI=1S/C11H11NO2/c1-9(13)12-11(14)8-7-10-5-3-2-4-6-10/h2-8H,1H3,(H,12,13,14). The lowest BCUT2D eigenvalue weighted by Crippen LogP contribution is -2.25. The van der Waals surface area contributed by atoms with Gasteiger partial charge in [0.15, 0.2) is 0 Å². The largest absolute Gasteiger partial charge is 0.293 e. The molecule has 0 bridgehead atoms. The zero-order chi connectivity index (χ0) is 10.4. The minimum Gasteiger partial charge on any atom is -0.293 e. The molecule has 14 heavy (non-hydrogen) atoms. The average Bonchev–Trinajstić information content (AvgIpc) is 2.15. The smallest absolute Gasteiger partial charge is 0.250 e. The van der Waals surface area contributed by atoms with E-state index in [2.05, 4.69) is 5.32 Å². The molecule has 2 amide bonds. The number of hydrogen-bond donors (Lipinski definition) is 1. The first kappa shape index (κ1) is 10.2. The maximum Gasteiger partial charge on any atom is 0.250 e. The molecular weight excluding hydrogens is 178 g/mol. The van der Waals surface area contributed by atoms with E-state index in [4.69, 9.17) is 0 Å². The summed E-state index contributed by atoms with van der Waals surface area (Å²) in [6.45, 7) is 1.30. The maximum absolute atomic E-state index is 11.0. The lowest BCUT2D eigenvalue weighted by atomic mass is 10.2. The summed E-state index contributed by atoms with van der Waals surface area (Å²) in [4.78, 5) is 21.5. The fourth-order valence-electron chi connectivity index (χ4n) is 0.951. The summed E-state index contributed by atoms with van der Waals surface area (Å²) >= 11 is 0. The van der Waals surface area contributed by atoms with Gasteiger partial charge in [0, 0.05) is 13.0 Å². The van der Waals surface area contributed by atoms with Crippen molar-refractivity contribution >= 4 is 17.9 Å². The molecule has 0 radical (unpaired) electrons.